The summed E-state index contributed by atoms with van der Waals surface area (Å²) in [6, 6.07) is 3.89. The summed E-state index contributed by atoms with van der Waals surface area (Å²) in [6.45, 7) is 6.61. The molecular formula is C17H20N4O2S. The zero-order valence-corrected chi connectivity index (χ0v) is 14.8. The fraction of sp³-hybridized carbons (Fsp3) is 0.353. The van der Waals surface area contributed by atoms with E-state index in [0.717, 1.165) is 27.7 Å². The number of carbonyl (C=O) groups is 1. The fourth-order valence-corrected chi connectivity index (χ4v) is 3.37. The number of thiazole rings is 1. The van der Waals surface area contributed by atoms with E-state index in [1.54, 1.807) is 12.5 Å². The molecule has 0 fully saturated rings. The molecule has 1 amide bonds. The van der Waals surface area contributed by atoms with Gasteiger partial charge in [0.25, 0.3) is 0 Å². The zero-order chi connectivity index (χ0) is 17.1. The molecule has 0 spiro atoms. The number of nitrogens with zero attached hydrogens (tertiary/aromatic N) is 3. The van der Waals surface area contributed by atoms with Crippen LogP contribution in [-0.2, 0) is 17.8 Å². The molecule has 0 aliphatic heterocycles. The molecule has 1 atom stereocenters. The van der Waals surface area contributed by atoms with Crippen LogP contribution in [-0.4, -0.2) is 26.7 Å². The molecule has 0 aliphatic rings. The topological polar surface area (TPSA) is 73.0 Å². The average Bonchev–Trinajstić information content (AvgIpc) is 3.21. The van der Waals surface area contributed by atoms with Crippen molar-refractivity contribution in [3.8, 4) is 10.6 Å². The smallest absolute Gasteiger partial charge is 0.226 e. The second-order valence-electron chi connectivity index (χ2n) is 5.91. The first-order valence-corrected chi connectivity index (χ1v) is 8.66. The molecule has 0 aliphatic carbocycles. The van der Waals surface area contributed by atoms with Crippen LogP contribution in [0.2, 0.25) is 0 Å². The monoisotopic (exact) mass is 344 g/mol. The van der Waals surface area contributed by atoms with Gasteiger partial charge >= 0.3 is 0 Å². The molecule has 126 valence electrons. The van der Waals surface area contributed by atoms with E-state index in [4.69, 9.17) is 4.42 Å². The molecular weight excluding hydrogens is 324 g/mol. The molecule has 24 heavy (non-hydrogen) atoms. The lowest BCUT2D eigenvalue weighted by molar-refractivity contribution is -0.121. The summed E-state index contributed by atoms with van der Waals surface area (Å²) in [6.07, 6.45) is 3.54. The van der Waals surface area contributed by atoms with Crippen molar-refractivity contribution in [3.05, 3.63) is 47.1 Å². The molecule has 6 nitrogen and oxygen atoms in total. The molecule has 0 aromatic carbocycles. The lowest BCUT2D eigenvalue weighted by Gasteiger charge is -2.14. The maximum atomic E-state index is 12.2. The SMILES string of the molecule is Cc1cc(C)n(C[C@H](C)NC(=O)Cc2csc(-c3ccoc3)n2)n1. The van der Waals surface area contributed by atoms with Gasteiger partial charge in [-0.2, -0.15) is 5.10 Å². The van der Waals surface area contributed by atoms with Gasteiger partial charge in [0.1, 0.15) is 11.3 Å². The minimum atomic E-state index is -0.0342. The summed E-state index contributed by atoms with van der Waals surface area (Å²) >= 11 is 1.51. The molecule has 3 aromatic rings. The van der Waals surface area contributed by atoms with Crippen molar-refractivity contribution in [3.63, 3.8) is 0 Å². The van der Waals surface area contributed by atoms with Gasteiger partial charge in [-0.3, -0.25) is 9.48 Å². The normalized spacial score (nSPS) is 12.3. The van der Waals surface area contributed by atoms with Gasteiger partial charge < -0.3 is 9.73 Å². The highest BCUT2D eigenvalue weighted by Crippen LogP contribution is 2.24. The second kappa shape index (κ2) is 7.00. The third-order valence-electron chi connectivity index (χ3n) is 3.62. The average molecular weight is 344 g/mol. The lowest BCUT2D eigenvalue weighted by atomic mass is 10.2. The molecule has 3 aromatic heterocycles. The molecule has 3 rings (SSSR count). The van der Waals surface area contributed by atoms with E-state index in [9.17, 15) is 4.79 Å². The number of rotatable bonds is 6. The number of furan rings is 1. The Hall–Kier alpha value is -2.41. The molecule has 0 radical (unpaired) electrons. The third kappa shape index (κ3) is 3.91. The summed E-state index contributed by atoms with van der Waals surface area (Å²) < 4.78 is 6.98. The van der Waals surface area contributed by atoms with Crippen molar-refractivity contribution in [1.29, 1.82) is 0 Å². The van der Waals surface area contributed by atoms with Crippen LogP contribution in [0.3, 0.4) is 0 Å². The van der Waals surface area contributed by atoms with Crippen LogP contribution < -0.4 is 5.32 Å². The minimum Gasteiger partial charge on any atom is -0.472 e. The number of aromatic nitrogens is 3. The van der Waals surface area contributed by atoms with Gasteiger partial charge in [-0.1, -0.05) is 0 Å². The van der Waals surface area contributed by atoms with Crippen molar-refractivity contribution in [2.24, 2.45) is 0 Å². The van der Waals surface area contributed by atoms with Gasteiger partial charge in [0.05, 0.1) is 30.6 Å². The van der Waals surface area contributed by atoms with E-state index in [1.165, 1.54) is 11.3 Å². The van der Waals surface area contributed by atoms with E-state index < -0.39 is 0 Å². The fourth-order valence-electron chi connectivity index (χ4n) is 2.56. The van der Waals surface area contributed by atoms with Crippen molar-refractivity contribution in [2.75, 3.05) is 0 Å². The van der Waals surface area contributed by atoms with Gasteiger partial charge in [-0.25, -0.2) is 4.98 Å². The second-order valence-corrected chi connectivity index (χ2v) is 6.77. The summed E-state index contributed by atoms with van der Waals surface area (Å²) in [5.74, 6) is -0.0342. The summed E-state index contributed by atoms with van der Waals surface area (Å²) in [5.41, 5.74) is 3.79. The summed E-state index contributed by atoms with van der Waals surface area (Å²) in [4.78, 5) is 16.7. The minimum absolute atomic E-state index is 0.00230. The molecule has 3 heterocycles. The molecule has 0 saturated heterocycles. The van der Waals surface area contributed by atoms with E-state index in [2.05, 4.69) is 15.4 Å². The van der Waals surface area contributed by atoms with Crippen LogP contribution in [0.5, 0.6) is 0 Å². The van der Waals surface area contributed by atoms with Gasteiger partial charge in [0, 0.05) is 22.7 Å². The van der Waals surface area contributed by atoms with Gasteiger partial charge in [0.15, 0.2) is 0 Å². The first-order chi connectivity index (χ1) is 11.5. The van der Waals surface area contributed by atoms with Gasteiger partial charge in [0.2, 0.25) is 5.91 Å². The van der Waals surface area contributed by atoms with Gasteiger partial charge in [-0.05, 0) is 32.9 Å². The number of aryl methyl sites for hydroxylation is 2. The van der Waals surface area contributed by atoms with Crippen molar-refractivity contribution < 1.29 is 9.21 Å². The highest BCUT2D eigenvalue weighted by molar-refractivity contribution is 7.13. The third-order valence-corrected chi connectivity index (χ3v) is 4.56. The Kier molecular flexibility index (Phi) is 4.80. The number of hydrogen-bond acceptors (Lipinski definition) is 5. The molecule has 0 unspecified atom stereocenters. The van der Waals surface area contributed by atoms with Crippen LogP contribution in [0.1, 0.15) is 24.0 Å². The Labute approximate surface area is 144 Å². The molecule has 1 N–H and O–H groups in total. The van der Waals surface area contributed by atoms with Crippen LogP contribution in [0.25, 0.3) is 10.6 Å². The predicted octanol–water partition coefficient (Wildman–Crippen LogP) is 2.96. The van der Waals surface area contributed by atoms with E-state index in [-0.39, 0.29) is 18.4 Å². The number of hydrogen-bond donors (Lipinski definition) is 1. The highest BCUT2D eigenvalue weighted by atomic mass is 32.1. The van der Waals surface area contributed by atoms with Crippen LogP contribution >= 0.6 is 11.3 Å². The Morgan fingerprint density at radius 1 is 1.46 bits per heavy atom. The Morgan fingerprint density at radius 3 is 2.96 bits per heavy atom. The Bertz CT molecular complexity index is 820. The summed E-state index contributed by atoms with van der Waals surface area (Å²) in [5, 5.41) is 10.2. The standard InChI is InChI=1S/C17H20N4O2S/c1-11-6-13(3)21(20-11)8-12(2)18-16(22)7-15-10-24-17(19-15)14-4-5-23-9-14/h4-6,9-10,12H,7-8H2,1-3H3,(H,18,22)/t12-/m0/s1. The largest absolute Gasteiger partial charge is 0.472 e. The Balaban J connectivity index is 1.54. The Morgan fingerprint density at radius 2 is 2.29 bits per heavy atom. The number of nitrogens with one attached hydrogen (secondary N) is 1. The number of carbonyl (C=O) groups excluding carboxylic acids is 1. The van der Waals surface area contributed by atoms with E-state index in [1.807, 2.05) is 43.0 Å². The lowest BCUT2D eigenvalue weighted by Crippen LogP contribution is -2.37. The maximum Gasteiger partial charge on any atom is 0.226 e. The summed E-state index contributed by atoms with van der Waals surface area (Å²) in [7, 11) is 0. The maximum absolute atomic E-state index is 12.2. The van der Waals surface area contributed by atoms with Crippen LogP contribution in [0.15, 0.2) is 34.5 Å². The molecule has 7 heteroatoms. The highest BCUT2D eigenvalue weighted by Gasteiger charge is 2.13. The quantitative estimate of drug-likeness (QED) is 0.746. The van der Waals surface area contributed by atoms with Gasteiger partial charge in [-0.15, -0.1) is 11.3 Å². The first-order valence-electron chi connectivity index (χ1n) is 7.78. The van der Waals surface area contributed by atoms with E-state index >= 15 is 0 Å². The van der Waals surface area contributed by atoms with E-state index in [0.29, 0.717) is 6.54 Å². The zero-order valence-electron chi connectivity index (χ0n) is 13.9. The first kappa shape index (κ1) is 16.4. The van der Waals surface area contributed by atoms with Crippen molar-refractivity contribution >= 4 is 17.2 Å². The van der Waals surface area contributed by atoms with Crippen molar-refractivity contribution in [2.45, 2.75) is 39.8 Å². The van der Waals surface area contributed by atoms with Crippen LogP contribution in [0, 0.1) is 13.8 Å². The number of amides is 1. The van der Waals surface area contributed by atoms with Crippen molar-refractivity contribution in [1.82, 2.24) is 20.1 Å². The molecule has 0 bridgehead atoms. The predicted molar refractivity (Wildman–Crippen MR) is 92.8 cm³/mol. The molecule has 0 saturated carbocycles. The van der Waals surface area contributed by atoms with Crippen LogP contribution in [0.4, 0.5) is 0 Å².